The third kappa shape index (κ3) is 2.80. The van der Waals surface area contributed by atoms with Crippen LogP contribution >= 0.6 is 15.9 Å². The van der Waals surface area contributed by atoms with Crippen molar-refractivity contribution in [2.24, 2.45) is 11.7 Å². The van der Waals surface area contributed by atoms with Gasteiger partial charge in [-0.3, -0.25) is 4.79 Å². The second-order valence-corrected chi connectivity index (χ2v) is 3.07. The van der Waals surface area contributed by atoms with E-state index in [1.807, 2.05) is 13.8 Å². The van der Waals surface area contributed by atoms with Crippen LogP contribution in [0.15, 0.2) is 0 Å². The van der Waals surface area contributed by atoms with E-state index >= 15 is 0 Å². The number of Topliss-reactive ketones (excluding diaryl/α,β-unsaturated/α-hetero) is 1. The third-order valence-electron chi connectivity index (χ3n) is 1.76. The molecule has 2 N–H and O–H groups in total. The molecule has 0 heterocycles. The van der Waals surface area contributed by atoms with E-state index in [1.165, 1.54) is 0 Å². The predicted octanol–water partition coefficient (Wildman–Crippen LogP) is 1.32. The minimum absolute atomic E-state index is 0.0920. The molecule has 0 saturated carbocycles. The van der Waals surface area contributed by atoms with Crippen molar-refractivity contribution in [1.29, 1.82) is 0 Å². The number of rotatable bonds is 4. The molecule has 0 amide bonds. The average Bonchev–Trinajstić information content (AvgIpc) is 2.00. The number of ketones is 1. The zero-order valence-electron chi connectivity index (χ0n) is 6.43. The van der Waals surface area contributed by atoms with Crippen molar-refractivity contribution in [2.45, 2.75) is 26.3 Å². The molecule has 2 unspecified atom stereocenters. The Morgan fingerprint density at radius 1 is 1.70 bits per heavy atom. The normalized spacial score (nSPS) is 16.4. The van der Waals surface area contributed by atoms with Crippen LogP contribution in [-0.2, 0) is 4.79 Å². The van der Waals surface area contributed by atoms with E-state index in [4.69, 9.17) is 5.73 Å². The highest BCUT2D eigenvalue weighted by Gasteiger charge is 2.17. The molecule has 0 aliphatic carbocycles. The van der Waals surface area contributed by atoms with Crippen molar-refractivity contribution in [3.8, 4) is 0 Å². The van der Waals surface area contributed by atoms with Gasteiger partial charge < -0.3 is 5.73 Å². The summed E-state index contributed by atoms with van der Waals surface area (Å²) in [4.78, 5) is 10.9. The molecule has 0 aromatic rings. The van der Waals surface area contributed by atoms with Crippen molar-refractivity contribution in [3.05, 3.63) is 0 Å². The maximum absolute atomic E-state index is 10.9. The lowest BCUT2D eigenvalue weighted by atomic mass is 9.97. The van der Waals surface area contributed by atoms with Crippen molar-refractivity contribution in [2.75, 3.05) is 5.33 Å². The Bertz CT molecular complexity index is 116. The Kier molecular flexibility index (Phi) is 4.91. The molecule has 10 heavy (non-hydrogen) atoms. The molecule has 60 valence electrons. The molecule has 0 aromatic carbocycles. The molecule has 2 nitrogen and oxygen atoms in total. The molecule has 0 spiro atoms. The summed E-state index contributed by atoms with van der Waals surface area (Å²) in [5.74, 6) is 0.388. The van der Waals surface area contributed by atoms with Crippen LogP contribution in [0.2, 0.25) is 0 Å². The van der Waals surface area contributed by atoms with Crippen LogP contribution in [-0.4, -0.2) is 17.2 Å². The number of carbonyl (C=O) groups excluding carboxylic acids is 1. The summed E-state index contributed by atoms with van der Waals surface area (Å²) in [5.41, 5.74) is 5.60. The number of carbonyl (C=O) groups is 1. The fourth-order valence-corrected chi connectivity index (χ4v) is 1.03. The van der Waals surface area contributed by atoms with E-state index in [2.05, 4.69) is 15.9 Å². The highest BCUT2D eigenvalue weighted by Crippen LogP contribution is 2.06. The molecule has 0 rings (SSSR count). The summed E-state index contributed by atoms with van der Waals surface area (Å²) in [6, 6.07) is -0.288. The monoisotopic (exact) mass is 207 g/mol. The van der Waals surface area contributed by atoms with Crippen LogP contribution in [0.1, 0.15) is 20.3 Å². The minimum Gasteiger partial charge on any atom is -0.321 e. The first kappa shape index (κ1) is 10.1. The lowest BCUT2D eigenvalue weighted by Gasteiger charge is -2.14. The Labute approximate surface area is 70.3 Å². The standard InChI is InChI=1S/C7H14BrNO/c1-3-5(2)7(9)6(10)4-8/h5,7H,3-4,9H2,1-2H3. The zero-order valence-corrected chi connectivity index (χ0v) is 8.02. The molecular weight excluding hydrogens is 194 g/mol. The second-order valence-electron chi connectivity index (χ2n) is 2.51. The summed E-state index contributed by atoms with van der Waals surface area (Å²) in [6.45, 7) is 4.03. The molecule has 0 saturated heterocycles. The summed E-state index contributed by atoms with van der Waals surface area (Å²) in [7, 11) is 0. The van der Waals surface area contributed by atoms with Gasteiger partial charge in [-0.1, -0.05) is 36.2 Å². The second kappa shape index (κ2) is 4.85. The Hall–Kier alpha value is 0.110. The molecule has 2 atom stereocenters. The van der Waals surface area contributed by atoms with Gasteiger partial charge in [-0.05, 0) is 5.92 Å². The molecule has 3 heteroatoms. The first-order valence-electron chi connectivity index (χ1n) is 3.47. The summed E-state index contributed by atoms with van der Waals surface area (Å²) >= 11 is 3.08. The van der Waals surface area contributed by atoms with E-state index in [-0.39, 0.29) is 11.8 Å². The fourth-order valence-electron chi connectivity index (χ4n) is 0.660. The van der Waals surface area contributed by atoms with E-state index in [0.29, 0.717) is 11.2 Å². The Morgan fingerprint density at radius 2 is 2.20 bits per heavy atom. The van der Waals surface area contributed by atoms with Crippen molar-refractivity contribution in [1.82, 2.24) is 0 Å². The van der Waals surface area contributed by atoms with Crippen molar-refractivity contribution >= 4 is 21.7 Å². The largest absolute Gasteiger partial charge is 0.321 e. The number of nitrogens with two attached hydrogens (primary N) is 1. The third-order valence-corrected chi connectivity index (χ3v) is 2.31. The molecule has 0 bridgehead atoms. The van der Waals surface area contributed by atoms with Crippen LogP contribution < -0.4 is 5.73 Å². The van der Waals surface area contributed by atoms with Gasteiger partial charge in [-0.2, -0.15) is 0 Å². The van der Waals surface area contributed by atoms with E-state index in [0.717, 1.165) is 6.42 Å². The van der Waals surface area contributed by atoms with Gasteiger partial charge in [-0.25, -0.2) is 0 Å². The van der Waals surface area contributed by atoms with Gasteiger partial charge in [0, 0.05) is 0 Å². The van der Waals surface area contributed by atoms with Crippen LogP contribution in [0.3, 0.4) is 0 Å². The molecule has 0 aromatic heterocycles. The van der Waals surface area contributed by atoms with Crippen molar-refractivity contribution in [3.63, 3.8) is 0 Å². The summed E-state index contributed by atoms with van der Waals surface area (Å²) in [5, 5.41) is 0.374. The number of hydrogen-bond donors (Lipinski definition) is 1. The van der Waals surface area contributed by atoms with Gasteiger partial charge in [0.15, 0.2) is 5.78 Å². The zero-order chi connectivity index (χ0) is 8.15. The lowest BCUT2D eigenvalue weighted by molar-refractivity contribution is -0.118. The van der Waals surface area contributed by atoms with E-state index in [1.54, 1.807) is 0 Å². The molecule has 0 aliphatic rings. The smallest absolute Gasteiger partial charge is 0.160 e. The minimum atomic E-state index is -0.288. The van der Waals surface area contributed by atoms with Gasteiger partial charge in [0.05, 0.1) is 11.4 Å². The average molecular weight is 208 g/mol. The summed E-state index contributed by atoms with van der Waals surface area (Å²) in [6.07, 6.45) is 0.958. The topological polar surface area (TPSA) is 43.1 Å². The van der Waals surface area contributed by atoms with Gasteiger partial charge >= 0.3 is 0 Å². The van der Waals surface area contributed by atoms with Gasteiger partial charge in [0.2, 0.25) is 0 Å². The molecule has 0 fully saturated rings. The Morgan fingerprint density at radius 3 is 2.50 bits per heavy atom. The first-order valence-corrected chi connectivity index (χ1v) is 4.59. The molecular formula is C7H14BrNO. The van der Waals surface area contributed by atoms with Gasteiger partial charge in [0.25, 0.3) is 0 Å². The first-order chi connectivity index (χ1) is 4.63. The van der Waals surface area contributed by atoms with Gasteiger partial charge in [0.1, 0.15) is 0 Å². The number of alkyl halides is 1. The maximum Gasteiger partial charge on any atom is 0.160 e. The highest BCUT2D eigenvalue weighted by molar-refractivity contribution is 9.09. The predicted molar refractivity (Wildman–Crippen MR) is 46.2 cm³/mol. The molecule has 0 radical (unpaired) electrons. The highest BCUT2D eigenvalue weighted by atomic mass is 79.9. The fraction of sp³-hybridized carbons (Fsp3) is 0.857. The van der Waals surface area contributed by atoms with Crippen LogP contribution in [0.25, 0.3) is 0 Å². The Balaban J connectivity index is 3.81. The van der Waals surface area contributed by atoms with Gasteiger partial charge in [-0.15, -0.1) is 0 Å². The maximum atomic E-state index is 10.9. The van der Waals surface area contributed by atoms with Crippen molar-refractivity contribution < 1.29 is 4.79 Å². The number of halogens is 1. The van der Waals surface area contributed by atoms with E-state index < -0.39 is 0 Å². The lowest BCUT2D eigenvalue weighted by Crippen LogP contribution is -2.37. The van der Waals surface area contributed by atoms with Crippen LogP contribution in [0.5, 0.6) is 0 Å². The number of hydrogen-bond acceptors (Lipinski definition) is 2. The quantitative estimate of drug-likeness (QED) is 0.708. The van der Waals surface area contributed by atoms with E-state index in [9.17, 15) is 4.79 Å². The SMILES string of the molecule is CCC(C)C(N)C(=O)CBr. The van der Waals surface area contributed by atoms with Crippen LogP contribution in [0, 0.1) is 5.92 Å². The van der Waals surface area contributed by atoms with Crippen LogP contribution in [0.4, 0.5) is 0 Å². The molecule has 0 aliphatic heterocycles. The summed E-state index contributed by atoms with van der Waals surface area (Å²) < 4.78 is 0.